The average Bonchev–Trinajstić information content (AvgIpc) is 3.28. The van der Waals surface area contributed by atoms with E-state index in [1.54, 1.807) is 36.4 Å². The maximum Gasteiger partial charge on any atom is 0.261 e. The number of imide groups is 1. The zero-order valence-electron chi connectivity index (χ0n) is 25.5. The number of carbonyl (C=O) groups is 3. The molecular weight excluding hydrogens is 659 g/mol. The normalized spacial score (nSPS) is 16.0. The summed E-state index contributed by atoms with van der Waals surface area (Å²) >= 11 is 3.56. The number of hydrogen-bond acceptors (Lipinski definition) is 5. The summed E-state index contributed by atoms with van der Waals surface area (Å²) in [6.07, 6.45) is 2.30. The summed E-state index contributed by atoms with van der Waals surface area (Å²) in [4.78, 5) is 49.5. The molecule has 7 nitrogen and oxygen atoms in total. The summed E-state index contributed by atoms with van der Waals surface area (Å²) in [5.41, 5.74) is 6.00. The van der Waals surface area contributed by atoms with E-state index in [1.165, 1.54) is 17.0 Å². The van der Waals surface area contributed by atoms with E-state index in [9.17, 15) is 18.8 Å². The van der Waals surface area contributed by atoms with Gasteiger partial charge in [0.2, 0.25) is 0 Å². The van der Waals surface area contributed by atoms with Crippen molar-refractivity contribution < 1.29 is 18.8 Å². The first-order chi connectivity index (χ1) is 22.7. The zero-order valence-corrected chi connectivity index (χ0v) is 27.1. The number of fused-ring (bicyclic) bond motifs is 3. The van der Waals surface area contributed by atoms with E-state index < -0.39 is 23.7 Å². The SMILES string of the molecule is CN1C/C(=C/c2cccc(Br)c2)c2nc3ccccc3c(C(=O)N[C@@H](Cc3cccc(F)c3)CN3C(=O)c4ccccc4C3=O)c2C1. The fraction of sp³-hybridized carbons (Fsp3) is 0.158. The van der Waals surface area contributed by atoms with Crippen molar-refractivity contribution in [1.29, 1.82) is 0 Å². The van der Waals surface area contributed by atoms with Crippen molar-refractivity contribution in [1.82, 2.24) is 20.1 Å². The second-order valence-electron chi connectivity index (χ2n) is 12.0. The van der Waals surface area contributed by atoms with Crippen LogP contribution in [0.5, 0.6) is 0 Å². The third kappa shape index (κ3) is 6.12. The van der Waals surface area contributed by atoms with Crippen LogP contribution in [0, 0.1) is 5.82 Å². The van der Waals surface area contributed by atoms with E-state index in [0.29, 0.717) is 46.2 Å². The highest BCUT2D eigenvalue weighted by molar-refractivity contribution is 9.10. The Kier molecular flexibility index (Phi) is 8.26. The molecule has 0 spiro atoms. The van der Waals surface area contributed by atoms with Crippen molar-refractivity contribution in [2.75, 3.05) is 20.1 Å². The molecule has 2 aliphatic rings. The van der Waals surface area contributed by atoms with Gasteiger partial charge in [-0.3, -0.25) is 24.2 Å². The molecule has 1 atom stereocenters. The second-order valence-corrected chi connectivity index (χ2v) is 12.9. The molecule has 3 amide bonds. The van der Waals surface area contributed by atoms with Gasteiger partial charge in [0, 0.05) is 35.1 Å². The number of aromatic nitrogens is 1. The van der Waals surface area contributed by atoms with Crippen LogP contribution in [-0.2, 0) is 13.0 Å². The molecule has 3 heterocycles. The number of nitrogens with one attached hydrogen (secondary N) is 1. The monoisotopic (exact) mass is 688 g/mol. The fourth-order valence-corrected chi connectivity index (χ4v) is 6.94. The molecule has 0 saturated carbocycles. The van der Waals surface area contributed by atoms with Gasteiger partial charge in [0.15, 0.2) is 0 Å². The van der Waals surface area contributed by atoms with Crippen LogP contribution < -0.4 is 5.32 Å². The highest BCUT2D eigenvalue weighted by Gasteiger charge is 2.37. The lowest BCUT2D eigenvalue weighted by Crippen LogP contribution is -2.47. The second kappa shape index (κ2) is 12.7. The largest absolute Gasteiger partial charge is 0.347 e. The number of hydrogen-bond donors (Lipinski definition) is 1. The van der Waals surface area contributed by atoms with Crippen molar-refractivity contribution in [3.63, 3.8) is 0 Å². The van der Waals surface area contributed by atoms with Gasteiger partial charge in [0.05, 0.1) is 33.9 Å². The van der Waals surface area contributed by atoms with E-state index in [2.05, 4.69) is 32.2 Å². The molecule has 0 fully saturated rings. The van der Waals surface area contributed by atoms with Gasteiger partial charge in [-0.25, -0.2) is 9.37 Å². The number of pyridine rings is 1. The molecule has 1 aromatic heterocycles. The van der Waals surface area contributed by atoms with Crippen LogP contribution in [0.15, 0.2) is 102 Å². The van der Waals surface area contributed by atoms with Crippen molar-refractivity contribution in [2.24, 2.45) is 0 Å². The van der Waals surface area contributed by atoms with Gasteiger partial charge in [-0.1, -0.05) is 70.5 Å². The van der Waals surface area contributed by atoms with Crippen LogP contribution in [-0.4, -0.2) is 58.7 Å². The Balaban J connectivity index is 1.29. The first-order valence-corrected chi connectivity index (χ1v) is 16.1. The molecule has 4 aromatic carbocycles. The number of halogens is 2. The maximum absolute atomic E-state index is 14.5. The van der Waals surface area contributed by atoms with Gasteiger partial charge in [-0.15, -0.1) is 0 Å². The van der Waals surface area contributed by atoms with E-state index in [4.69, 9.17) is 4.98 Å². The lowest BCUT2D eigenvalue weighted by molar-refractivity contribution is 0.0628. The topological polar surface area (TPSA) is 82.6 Å². The van der Waals surface area contributed by atoms with E-state index >= 15 is 0 Å². The van der Waals surface area contributed by atoms with E-state index in [-0.39, 0.29) is 18.9 Å². The van der Waals surface area contributed by atoms with Crippen molar-refractivity contribution >= 4 is 56.2 Å². The van der Waals surface area contributed by atoms with Crippen LogP contribution >= 0.6 is 15.9 Å². The van der Waals surface area contributed by atoms with Gasteiger partial charge in [-0.05, 0) is 78.7 Å². The fourth-order valence-electron chi connectivity index (χ4n) is 6.53. The van der Waals surface area contributed by atoms with E-state index in [1.807, 2.05) is 55.6 Å². The molecule has 0 unspecified atom stereocenters. The zero-order chi connectivity index (χ0) is 32.7. The minimum Gasteiger partial charge on any atom is -0.347 e. The van der Waals surface area contributed by atoms with Crippen LogP contribution in [0.25, 0.3) is 22.6 Å². The molecule has 0 aliphatic carbocycles. The van der Waals surface area contributed by atoms with Crippen molar-refractivity contribution in [3.05, 3.63) is 146 Å². The highest BCUT2D eigenvalue weighted by Crippen LogP contribution is 2.34. The molecule has 1 N–H and O–H groups in total. The van der Waals surface area contributed by atoms with Crippen LogP contribution in [0.3, 0.4) is 0 Å². The number of para-hydroxylation sites is 1. The summed E-state index contributed by atoms with van der Waals surface area (Å²) in [7, 11) is 2.00. The van der Waals surface area contributed by atoms with Gasteiger partial charge in [0.25, 0.3) is 17.7 Å². The van der Waals surface area contributed by atoms with Gasteiger partial charge < -0.3 is 5.32 Å². The standard InChI is InChI=1S/C38H30BrFN4O3/c1-43-20-25(16-23-8-6-10-26(39)17-23)35-32(22-43)34(31-14-4-5-15-33(31)42-35)36(45)41-28(19-24-9-7-11-27(40)18-24)21-44-37(46)29-12-2-3-13-30(29)38(44)47/h2-18,28H,19-22H2,1H3,(H,41,45)/b25-16-/t28-/m0/s1. The summed E-state index contributed by atoms with van der Waals surface area (Å²) in [5.74, 6) is -1.59. The Bertz CT molecular complexity index is 2080. The molecule has 7 rings (SSSR count). The number of likely N-dealkylation sites (N-methyl/N-ethyl adjacent to an activating group) is 1. The average molecular weight is 690 g/mol. The lowest BCUT2D eigenvalue weighted by atomic mass is 9.91. The van der Waals surface area contributed by atoms with Gasteiger partial charge >= 0.3 is 0 Å². The lowest BCUT2D eigenvalue weighted by Gasteiger charge is -2.30. The number of amides is 3. The third-order valence-electron chi connectivity index (χ3n) is 8.57. The number of benzene rings is 4. The number of nitrogens with zero attached hydrogens (tertiary/aromatic N) is 3. The molecular formula is C38H30BrFN4O3. The van der Waals surface area contributed by atoms with Crippen LogP contribution in [0.1, 0.15) is 53.5 Å². The summed E-state index contributed by atoms with van der Waals surface area (Å²) < 4.78 is 15.2. The van der Waals surface area contributed by atoms with Crippen molar-refractivity contribution in [2.45, 2.75) is 19.0 Å². The Hall–Kier alpha value is -4.99. The predicted molar refractivity (Wildman–Crippen MR) is 183 cm³/mol. The number of rotatable bonds is 7. The van der Waals surface area contributed by atoms with Crippen LogP contribution in [0.4, 0.5) is 4.39 Å². The summed E-state index contributed by atoms with van der Waals surface area (Å²) in [6, 6.07) is 27.7. The minimum absolute atomic E-state index is 0.0756. The highest BCUT2D eigenvalue weighted by atomic mass is 79.9. The first kappa shape index (κ1) is 30.7. The molecule has 0 radical (unpaired) electrons. The minimum atomic E-state index is -0.702. The smallest absolute Gasteiger partial charge is 0.261 e. The maximum atomic E-state index is 14.5. The molecule has 0 bridgehead atoms. The quantitative estimate of drug-likeness (QED) is 0.191. The summed E-state index contributed by atoms with van der Waals surface area (Å²) in [5, 5.41) is 3.85. The molecule has 47 heavy (non-hydrogen) atoms. The Morgan fingerprint density at radius 2 is 1.66 bits per heavy atom. The van der Waals surface area contributed by atoms with Crippen molar-refractivity contribution in [3.8, 4) is 0 Å². The molecule has 9 heteroatoms. The third-order valence-corrected chi connectivity index (χ3v) is 9.06. The Labute approximate surface area is 279 Å². The molecule has 0 saturated heterocycles. The number of carbonyl (C=O) groups excluding carboxylic acids is 3. The molecule has 234 valence electrons. The predicted octanol–water partition coefficient (Wildman–Crippen LogP) is 6.76. The Morgan fingerprint density at radius 1 is 0.936 bits per heavy atom. The summed E-state index contributed by atoms with van der Waals surface area (Å²) in [6.45, 7) is 1.07. The Morgan fingerprint density at radius 3 is 2.40 bits per heavy atom. The van der Waals surface area contributed by atoms with Gasteiger partial charge in [0.1, 0.15) is 5.82 Å². The van der Waals surface area contributed by atoms with E-state index in [0.717, 1.165) is 26.9 Å². The molecule has 5 aromatic rings. The van der Waals surface area contributed by atoms with Gasteiger partial charge in [-0.2, -0.15) is 0 Å². The first-order valence-electron chi connectivity index (χ1n) is 15.3. The van der Waals surface area contributed by atoms with Crippen LogP contribution in [0.2, 0.25) is 0 Å². The molecule has 2 aliphatic heterocycles.